The maximum atomic E-state index is 12.7. The summed E-state index contributed by atoms with van der Waals surface area (Å²) in [5.74, 6) is 0. The monoisotopic (exact) mass is 350 g/mol. The summed E-state index contributed by atoms with van der Waals surface area (Å²) in [4.78, 5) is 11.5. The van der Waals surface area contributed by atoms with Gasteiger partial charge in [0.05, 0.1) is 5.56 Å². The molecule has 1 aromatic carbocycles. The van der Waals surface area contributed by atoms with E-state index in [-0.39, 0.29) is 11.3 Å². The number of anilines is 1. The van der Waals surface area contributed by atoms with Gasteiger partial charge >= 0.3 is 12.3 Å². The molecule has 0 aliphatic heterocycles. The molecule has 24 heavy (non-hydrogen) atoms. The summed E-state index contributed by atoms with van der Waals surface area (Å²) >= 11 is 0. The van der Waals surface area contributed by atoms with Crippen molar-refractivity contribution in [2.24, 2.45) is 0 Å². The van der Waals surface area contributed by atoms with E-state index in [1.54, 1.807) is 20.8 Å². The van der Waals surface area contributed by atoms with Crippen LogP contribution < -0.4 is 11.1 Å². The molecule has 0 heterocycles. The van der Waals surface area contributed by atoms with E-state index in [4.69, 9.17) is 10.5 Å². The Hall–Kier alpha value is -2.00. The Morgan fingerprint density at radius 1 is 1.29 bits per heavy atom. The van der Waals surface area contributed by atoms with Crippen LogP contribution in [0.2, 0.25) is 0 Å². The van der Waals surface area contributed by atoms with Crippen LogP contribution in [-0.4, -0.2) is 34.6 Å². The van der Waals surface area contributed by atoms with Crippen molar-refractivity contribution < 1.29 is 32.9 Å². The Kier molecular flexibility index (Phi) is 6.07. The first-order chi connectivity index (χ1) is 10.8. The van der Waals surface area contributed by atoms with Gasteiger partial charge in [0, 0.05) is 17.8 Å². The quantitative estimate of drug-likeness (QED) is 0.623. The second-order valence-electron chi connectivity index (χ2n) is 6.24. The third-order valence-corrected chi connectivity index (χ3v) is 2.95. The first kappa shape index (κ1) is 20.0. The predicted octanol–water partition coefficient (Wildman–Crippen LogP) is 2.21. The van der Waals surface area contributed by atoms with E-state index >= 15 is 0 Å². The topological polar surface area (TPSA) is 105 Å². The van der Waals surface area contributed by atoms with Gasteiger partial charge in [0.2, 0.25) is 0 Å². The molecule has 5 N–H and O–H groups in total. The fourth-order valence-corrected chi connectivity index (χ4v) is 1.83. The first-order valence-electron chi connectivity index (χ1n) is 7.11. The summed E-state index contributed by atoms with van der Waals surface area (Å²) in [6.07, 6.45) is -8.71. The fourth-order valence-electron chi connectivity index (χ4n) is 1.83. The van der Waals surface area contributed by atoms with Gasteiger partial charge in [-0.25, -0.2) is 4.79 Å². The van der Waals surface area contributed by atoms with Crippen LogP contribution in [0.15, 0.2) is 18.2 Å². The number of hydrogen-bond donors (Lipinski definition) is 4. The van der Waals surface area contributed by atoms with Gasteiger partial charge in [-0.3, -0.25) is 0 Å². The van der Waals surface area contributed by atoms with Crippen molar-refractivity contribution in [1.29, 1.82) is 0 Å². The van der Waals surface area contributed by atoms with Crippen molar-refractivity contribution in [3.63, 3.8) is 0 Å². The van der Waals surface area contributed by atoms with Crippen LogP contribution in [0.3, 0.4) is 0 Å². The maximum Gasteiger partial charge on any atom is 0.416 e. The molecule has 0 saturated carbocycles. The molecular formula is C15H21F3N2O4. The van der Waals surface area contributed by atoms with E-state index < -0.39 is 42.2 Å². The van der Waals surface area contributed by atoms with Crippen molar-refractivity contribution in [2.45, 2.75) is 44.8 Å². The molecule has 2 atom stereocenters. The number of alkyl halides is 3. The number of carbonyl (C=O) groups is 1. The molecule has 1 rings (SSSR count). The van der Waals surface area contributed by atoms with Gasteiger partial charge in [-0.15, -0.1) is 0 Å². The number of alkyl carbamates (subject to hydrolysis) is 1. The molecular weight excluding hydrogens is 329 g/mol. The molecule has 2 unspecified atom stereocenters. The van der Waals surface area contributed by atoms with Crippen LogP contribution in [0.5, 0.6) is 0 Å². The summed E-state index contributed by atoms with van der Waals surface area (Å²) in [5.41, 5.74) is 3.43. The van der Waals surface area contributed by atoms with Gasteiger partial charge in [0.25, 0.3) is 0 Å². The zero-order valence-electron chi connectivity index (χ0n) is 13.5. The number of nitrogens with one attached hydrogen (secondary N) is 1. The Morgan fingerprint density at radius 2 is 1.88 bits per heavy atom. The molecule has 9 heteroatoms. The van der Waals surface area contributed by atoms with E-state index in [0.717, 1.165) is 12.1 Å². The lowest BCUT2D eigenvalue weighted by Crippen LogP contribution is -2.39. The largest absolute Gasteiger partial charge is 0.444 e. The summed E-state index contributed by atoms with van der Waals surface area (Å²) in [6, 6.07) is 2.43. The number of hydrogen-bond acceptors (Lipinski definition) is 5. The number of amides is 1. The molecule has 0 spiro atoms. The van der Waals surface area contributed by atoms with Crippen molar-refractivity contribution in [3.8, 4) is 0 Å². The number of nitrogen functional groups attached to an aromatic ring is 1. The molecule has 6 nitrogen and oxygen atoms in total. The molecule has 0 bridgehead atoms. The normalized spacial score (nSPS) is 14.8. The summed E-state index contributed by atoms with van der Waals surface area (Å²) in [5, 5.41) is 22.1. The van der Waals surface area contributed by atoms with Gasteiger partial charge in [0.15, 0.2) is 0 Å². The van der Waals surface area contributed by atoms with Gasteiger partial charge in [-0.05, 0) is 39.0 Å². The van der Waals surface area contributed by atoms with E-state index in [0.29, 0.717) is 6.07 Å². The lowest BCUT2D eigenvalue weighted by molar-refractivity contribution is -0.137. The van der Waals surface area contributed by atoms with Crippen LogP contribution in [0.25, 0.3) is 0 Å². The molecule has 0 fully saturated rings. The molecule has 1 amide bonds. The minimum atomic E-state index is -4.61. The number of halogens is 3. The van der Waals surface area contributed by atoms with E-state index in [1.807, 2.05) is 0 Å². The van der Waals surface area contributed by atoms with Gasteiger partial charge < -0.3 is 26.0 Å². The number of aliphatic hydroxyl groups excluding tert-OH is 2. The minimum absolute atomic E-state index is 0.105. The second-order valence-corrected chi connectivity index (χ2v) is 6.24. The number of benzene rings is 1. The highest BCUT2D eigenvalue weighted by molar-refractivity contribution is 5.67. The molecule has 0 aromatic heterocycles. The third kappa shape index (κ3) is 5.89. The van der Waals surface area contributed by atoms with Crippen LogP contribution >= 0.6 is 0 Å². The van der Waals surface area contributed by atoms with Crippen LogP contribution in [-0.2, 0) is 10.9 Å². The standard InChI is InChI=1S/C15H21F3N2O4/c1-14(2,3)24-13(23)20-7-11(21)12(22)9-6-8(15(16,17)18)4-5-10(9)19/h4-6,11-12,21-22H,7,19H2,1-3H3,(H,20,23). The number of aliphatic hydroxyl groups is 2. The number of nitrogens with two attached hydrogens (primary N) is 1. The van der Waals surface area contributed by atoms with Gasteiger partial charge in [-0.2, -0.15) is 13.2 Å². The smallest absolute Gasteiger partial charge is 0.416 e. The maximum absolute atomic E-state index is 12.7. The second kappa shape index (κ2) is 7.27. The van der Waals surface area contributed by atoms with Crippen molar-refractivity contribution in [3.05, 3.63) is 29.3 Å². The average molecular weight is 350 g/mol. The predicted molar refractivity (Wildman–Crippen MR) is 81.1 cm³/mol. The molecule has 0 aliphatic carbocycles. The SMILES string of the molecule is CC(C)(C)OC(=O)NCC(O)C(O)c1cc(C(F)(F)F)ccc1N. The molecule has 0 saturated heterocycles. The molecule has 0 aliphatic rings. The Labute approximate surface area is 137 Å². The highest BCUT2D eigenvalue weighted by atomic mass is 19.4. The number of carbonyl (C=O) groups excluding carboxylic acids is 1. The highest BCUT2D eigenvalue weighted by Crippen LogP contribution is 2.33. The lowest BCUT2D eigenvalue weighted by Gasteiger charge is -2.23. The lowest BCUT2D eigenvalue weighted by atomic mass is 9.99. The highest BCUT2D eigenvalue weighted by Gasteiger charge is 2.32. The molecule has 1 aromatic rings. The molecule has 0 radical (unpaired) electrons. The molecule has 136 valence electrons. The zero-order chi connectivity index (χ0) is 18.7. The zero-order valence-corrected chi connectivity index (χ0v) is 13.5. The third-order valence-electron chi connectivity index (χ3n) is 2.95. The van der Waals surface area contributed by atoms with Crippen LogP contribution in [0.1, 0.15) is 38.0 Å². The first-order valence-corrected chi connectivity index (χ1v) is 7.11. The Bertz CT molecular complexity index is 585. The minimum Gasteiger partial charge on any atom is -0.444 e. The summed E-state index contributed by atoms with van der Waals surface area (Å²) < 4.78 is 43.1. The van der Waals surface area contributed by atoms with Gasteiger partial charge in [0.1, 0.15) is 17.8 Å². The fraction of sp³-hybridized carbons (Fsp3) is 0.533. The number of rotatable bonds is 4. The Morgan fingerprint density at radius 3 is 2.38 bits per heavy atom. The van der Waals surface area contributed by atoms with E-state index in [9.17, 15) is 28.2 Å². The van der Waals surface area contributed by atoms with Crippen LogP contribution in [0, 0.1) is 0 Å². The van der Waals surface area contributed by atoms with E-state index in [1.165, 1.54) is 0 Å². The van der Waals surface area contributed by atoms with Crippen molar-refractivity contribution >= 4 is 11.8 Å². The summed E-state index contributed by atoms with van der Waals surface area (Å²) in [6.45, 7) is 4.50. The van der Waals surface area contributed by atoms with Gasteiger partial charge in [-0.1, -0.05) is 0 Å². The van der Waals surface area contributed by atoms with E-state index in [2.05, 4.69) is 5.32 Å². The van der Waals surface area contributed by atoms with Crippen molar-refractivity contribution in [1.82, 2.24) is 5.32 Å². The average Bonchev–Trinajstić information content (AvgIpc) is 2.41. The van der Waals surface area contributed by atoms with Crippen LogP contribution in [0.4, 0.5) is 23.7 Å². The number of ether oxygens (including phenoxy) is 1. The summed E-state index contributed by atoms with van der Waals surface area (Å²) in [7, 11) is 0. The Balaban J connectivity index is 2.79. The van der Waals surface area contributed by atoms with Crippen molar-refractivity contribution in [2.75, 3.05) is 12.3 Å².